The Morgan fingerprint density at radius 3 is 1.63 bits per heavy atom. The van der Waals surface area contributed by atoms with Gasteiger partial charge in [-0.1, -0.05) is 45.0 Å². The molecule has 0 aliphatic carbocycles. The number of hydrogen-bond donors (Lipinski definition) is 0. The third-order valence-electron chi connectivity index (χ3n) is 4.78. The largest absolute Gasteiger partial charge is 0.493 e. The third kappa shape index (κ3) is 6.00. The first-order valence-electron chi connectivity index (χ1n) is 9.34. The van der Waals surface area contributed by atoms with E-state index in [-0.39, 0.29) is 11.7 Å². The average Bonchev–Trinajstić information content (AvgIpc) is 2.70. The molecule has 8 heteroatoms. The molecule has 0 heterocycles. The Labute approximate surface area is 177 Å². The number of benzene rings is 2. The van der Waals surface area contributed by atoms with Crippen LogP contribution in [0.4, 0.5) is 22.0 Å². The van der Waals surface area contributed by atoms with Crippen molar-refractivity contribution in [2.24, 2.45) is 5.92 Å². The highest BCUT2D eigenvalue weighted by Crippen LogP contribution is 2.37. The number of hydrogen-bond acceptors (Lipinski definition) is 2. The molecule has 0 amide bonds. The van der Waals surface area contributed by atoms with Gasteiger partial charge in [-0.3, -0.25) is 0 Å². The van der Waals surface area contributed by atoms with Crippen molar-refractivity contribution in [3.8, 4) is 11.5 Å². The van der Waals surface area contributed by atoms with Crippen LogP contribution in [-0.2, 0) is 5.41 Å². The molecule has 0 saturated heterocycles. The van der Waals surface area contributed by atoms with Crippen LogP contribution in [0, 0.1) is 5.92 Å². The van der Waals surface area contributed by atoms with Crippen molar-refractivity contribution in [1.29, 1.82) is 0 Å². The minimum Gasteiger partial charge on any atom is -0.493 e. The van der Waals surface area contributed by atoms with E-state index in [1.807, 2.05) is 45.0 Å². The smallest absolute Gasteiger partial charge is 0.456 e. The molecule has 0 spiro atoms. The number of rotatable bonds is 9. The summed E-state index contributed by atoms with van der Waals surface area (Å²) in [4.78, 5) is 0. The van der Waals surface area contributed by atoms with Crippen LogP contribution >= 0.6 is 11.6 Å². The molecule has 2 rings (SSSR count). The normalized spacial score (nSPS) is 13.8. The van der Waals surface area contributed by atoms with Gasteiger partial charge in [-0.25, -0.2) is 0 Å². The fourth-order valence-electron chi connectivity index (χ4n) is 2.64. The lowest BCUT2D eigenvalue weighted by Crippen LogP contribution is -2.41. The van der Waals surface area contributed by atoms with E-state index in [0.29, 0.717) is 12.5 Å². The highest BCUT2D eigenvalue weighted by Gasteiger charge is 2.58. The fourth-order valence-corrected chi connectivity index (χ4v) is 2.73. The molecule has 0 radical (unpaired) electrons. The molecule has 0 saturated carbocycles. The van der Waals surface area contributed by atoms with Crippen molar-refractivity contribution in [1.82, 2.24) is 0 Å². The van der Waals surface area contributed by atoms with Gasteiger partial charge in [-0.2, -0.15) is 22.0 Å². The van der Waals surface area contributed by atoms with Crippen molar-refractivity contribution in [3.63, 3.8) is 0 Å². The summed E-state index contributed by atoms with van der Waals surface area (Å²) in [7, 11) is 0. The van der Waals surface area contributed by atoms with E-state index in [9.17, 15) is 22.0 Å². The first kappa shape index (κ1) is 24.3. The Hall–Kier alpha value is -2.02. The van der Waals surface area contributed by atoms with Gasteiger partial charge in [-0.05, 0) is 35.4 Å². The van der Waals surface area contributed by atoms with Crippen LogP contribution in [0.3, 0.4) is 0 Å². The zero-order valence-electron chi connectivity index (χ0n) is 16.9. The van der Waals surface area contributed by atoms with E-state index < -0.39 is 24.1 Å². The molecule has 0 aliphatic heterocycles. The summed E-state index contributed by atoms with van der Waals surface area (Å²) in [5.74, 6) is -3.49. The molecule has 1 atom stereocenters. The summed E-state index contributed by atoms with van der Waals surface area (Å²) in [5, 5.41) is 0. The Bertz CT molecular complexity index is 802. The third-order valence-corrected chi connectivity index (χ3v) is 5.31. The molecule has 1 unspecified atom stereocenters. The molecule has 2 aromatic carbocycles. The summed E-state index contributed by atoms with van der Waals surface area (Å²) >= 11 is 5.77. The van der Waals surface area contributed by atoms with Gasteiger partial charge in [0.25, 0.3) is 0 Å². The zero-order valence-corrected chi connectivity index (χ0v) is 17.7. The van der Waals surface area contributed by atoms with Crippen LogP contribution in [0.15, 0.2) is 48.5 Å². The fraction of sp³-hybridized carbons (Fsp3) is 0.455. The minimum absolute atomic E-state index is 0.0596. The van der Waals surface area contributed by atoms with E-state index in [4.69, 9.17) is 16.3 Å². The SMILES string of the molecule is CC(CCl)COc1ccc(C(C)(C)c2ccc(OCC(F)(F)C(F)(F)F)cc2)cc1. The molecule has 30 heavy (non-hydrogen) atoms. The lowest BCUT2D eigenvalue weighted by atomic mass is 9.78. The lowest BCUT2D eigenvalue weighted by Gasteiger charge is -2.27. The number of ether oxygens (including phenoxy) is 2. The summed E-state index contributed by atoms with van der Waals surface area (Å²) in [6, 6.07) is 13.6. The monoisotopic (exact) mass is 450 g/mol. The minimum atomic E-state index is -5.65. The summed E-state index contributed by atoms with van der Waals surface area (Å²) < 4.78 is 73.0. The van der Waals surface area contributed by atoms with E-state index >= 15 is 0 Å². The molecule has 2 nitrogen and oxygen atoms in total. The van der Waals surface area contributed by atoms with Crippen LogP contribution in [-0.4, -0.2) is 31.2 Å². The Kier molecular flexibility index (Phi) is 7.61. The molecule has 0 bridgehead atoms. The zero-order chi connectivity index (χ0) is 22.6. The van der Waals surface area contributed by atoms with Gasteiger partial charge in [0, 0.05) is 17.2 Å². The second-order valence-electron chi connectivity index (χ2n) is 7.74. The molecule has 0 fully saturated rings. The van der Waals surface area contributed by atoms with Gasteiger partial charge in [0.2, 0.25) is 0 Å². The average molecular weight is 451 g/mol. The van der Waals surface area contributed by atoms with Gasteiger partial charge in [0.15, 0.2) is 6.61 Å². The Morgan fingerprint density at radius 1 is 0.800 bits per heavy atom. The number of halogens is 6. The summed E-state index contributed by atoms with van der Waals surface area (Å²) in [6.45, 7) is 4.70. The van der Waals surface area contributed by atoms with Crippen LogP contribution < -0.4 is 9.47 Å². The van der Waals surface area contributed by atoms with Crippen LogP contribution in [0.1, 0.15) is 31.9 Å². The molecule has 0 N–H and O–H groups in total. The maximum atomic E-state index is 13.0. The predicted molar refractivity (Wildman–Crippen MR) is 107 cm³/mol. The maximum Gasteiger partial charge on any atom is 0.456 e. The topological polar surface area (TPSA) is 18.5 Å². The van der Waals surface area contributed by atoms with Gasteiger partial charge >= 0.3 is 12.1 Å². The molecular formula is C22H24ClF5O2. The number of alkyl halides is 6. The van der Waals surface area contributed by atoms with E-state index in [2.05, 4.69) is 4.74 Å². The first-order chi connectivity index (χ1) is 13.9. The molecule has 166 valence electrons. The predicted octanol–water partition coefficient (Wildman–Crippen LogP) is 6.84. The molecular weight excluding hydrogens is 427 g/mol. The van der Waals surface area contributed by atoms with Crippen molar-refractivity contribution in [2.45, 2.75) is 38.3 Å². The van der Waals surface area contributed by atoms with Gasteiger partial charge in [0.05, 0.1) is 6.61 Å². The van der Waals surface area contributed by atoms with Crippen LogP contribution in [0.5, 0.6) is 11.5 Å². The van der Waals surface area contributed by atoms with Gasteiger partial charge in [-0.15, -0.1) is 11.6 Å². The molecule has 0 aromatic heterocycles. The summed E-state index contributed by atoms with van der Waals surface area (Å²) in [6.07, 6.45) is -5.65. The highest BCUT2D eigenvalue weighted by molar-refractivity contribution is 6.18. The second-order valence-corrected chi connectivity index (χ2v) is 8.04. The Balaban J connectivity index is 2.06. The van der Waals surface area contributed by atoms with Gasteiger partial charge in [0.1, 0.15) is 11.5 Å². The molecule has 0 aliphatic rings. The van der Waals surface area contributed by atoms with E-state index in [1.54, 1.807) is 12.1 Å². The quantitative estimate of drug-likeness (QED) is 0.307. The van der Waals surface area contributed by atoms with Crippen molar-refractivity contribution < 1.29 is 31.4 Å². The lowest BCUT2D eigenvalue weighted by molar-refractivity contribution is -0.290. The second kappa shape index (κ2) is 9.41. The first-order valence-corrected chi connectivity index (χ1v) is 9.87. The van der Waals surface area contributed by atoms with Gasteiger partial charge < -0.3 is 9.47 Å². The maximum absolute atomic E-state index is 13.0. The van der Waals surface area contributed by atoms with Crippen molar-refractivity contribution in [2.75, 3.05) is 19.1 Å². The van der Waals surface area contributed by atoms with E-state index in [0.717, 1.165) is 16.9 Å². The summed E-state index contributed by atoms with van der Waals surface area (Å²) in [5.41, 5.74) is 1.40. The van der Waals surface area contributed by atoms with Crippen LogP contribution in [0.25, 0.3) is 0 Å². The standard InChI is InChI=1S/C22H24ClF5O2/c1-15(12-23)13-29-18-8-4-16(5-9-18)20(2,3)17-6-10-19(11-7-17)30-14-21(24,25)22(26,27)28/h4-11,15H,12-14H2,1-3H3. The Morgan fingerprint density at radius 2 is 1.23 bits per heavy atom. The van der Waals surface area contributed by atoms with Crippen molar-refractivity contribution >= 4 is 11.6 Å². The molecule has 2 aromatic rings. The van der Waals surface area contributed by atoms with Crippen LogP contribution in [0.2, 0.25) is 0 Å². The highest BCUT2D eigenvalue weighted by atomic mass is 35.5. The van der Waals surface area contributed by atoms with E-state index in [1.165, 1.54) is 12.1 Å². The van der Waals surface area contributed by atoms with Crippen molar-refractivity contribution in [3.05, 3.63) is 59.7 Å².